The molecule has 0 aromatic rings. The van der Waals surface area contributed by atoms with Crippen molar-refractivity contribution < 1.29 is 14.7 Å². The molecule has 1 amide bonds. The molecular formula is C10H17NO3. The minimum atomic E-state index is -0.918. The summed E-state index contributed by atoms with van der Waals surface area (Å²) in [5, 5.41) is 11.2. The molecule has 0 bridgehead atoms. The molecule has 4 nitrogen and oxygen atoms in total. The first-order chi connectivity index (χ1) is 6.37. The highest BCUT2D eigenvalue weighted by Gasteiger charge is 2.23. The summed E-state index contributed by atoms with van der Waals surface area (Å²) >= 11 is 0. The van der Waals surface area contributed by atoms with Crippen molar-refractivity contribution in [1.29, 1.82) is 0 Å². The van der Waals surface area contributed by atoms with Crippen molar-refractivity contribution in [2.24, 2.45) is 0 Å². The first-order valence-electron chi connectivity index (χ1n) is 4.51. The molecule has 0 atom stereocenters. The van der Waals surface area contributed by atoms with Gasteiger partial charge < -0.3 is 10.4 Å². The van der Waals surface area contributed by atoms with Crippen LogP contribution in [0.25, 0.3) is 0 Å². The summed E-state index contributed by atoms with van der Waals surface area (Å²) in [6.45, 7) is 6.88. The highest BCUT2D eigenvalue weighted by Crippen LogP contribution is 2.08. The predicted molar refractivity (Wildman–Crippen MR) is 53.9 cm³/mol. The minimum absolute atomic E-state index is 0.0766. The van der Waals surface area contributed by atoms with E-state index in [1.807, 2.05) is 0 Å². The van der Waals surface area contributed by atoms with Gasteiger partial charge in [-0.2, -0.15) is 0 Å². The molecule has 80 valence electrons. The van der Waals surface area contributed by atoms with Gasteiger partial charge in [0, 0.05) is 12.0 Å². The van der Waals surface area contributed by atoms with Crippen LogP contribution in [0.3, 0.4) is 0 Å². The number of amides is 1. The van der Waals surface area contributed by atoms with Crippen LogP contribution in [-0.2, 0) is 9.59 Å². The number of hydrogen-bond acceptors (Lipinski definition) is 2. The summed E-state index contributed by atoms with van der Waals surface area (Å²) in [5.74, 6) is -1.06. The van der Waals surface area contributed by atoms with Gasteiger partial charge in [0.1, 0.15) is 0 Å². The van der Waals surface area contributed by atoms with E-state index in [-0.39, 0.29) is 12.3 Å². The van der Waals surface area contributed by atoms with E-state index in [0.29, 0.717) is 12.8 Å². The summed E-state index contributed by atoms with van der Waals surface area (Å²) in [5.41, 5.74) is -0.690. The zero-order chi connectivity index (χ0) is 11.2. The Morgan fingerprint density at radius 1 is 1.50 bits per heavy atom. The Morgan fingerprint density at radius 2 is 2.07 bits per heavy atom. The lowest BCUT2D eigenvalue weighted by Crippen LogP contribution is -2.44. The van der Waals surface area contributed by atoms with Crippen LogP contribution in [0.4, 0.5) is 0 Å². The average molecular weight is 199 g/mol. The molecule has 4 heteroatoms. The van der Waals surface area contributed by atoms with E-state index in [9.17, 15) is 9.59 Å². The van der Waals surface area contributed by atoms with E-state index in [2.05, 4.69) is 11.9 Å². The molecule has 0 rings (SSSR count). The fourth-order valence-corrected chi connectivity index (χ4v) is 1.10. The molecule has 0 saturated carbocycles. The van der Waals surface area contributed by atoms with E-state index in [0.717, 1.165) is 0 Å². The van der Waals surface area contributed by atoms with Gasteiger partial charge in [-0.05, 0) is 20.3 Å². The van der Waals surface area contributed by atoms with Gasteiger partial charge in [-0.1, -0.05) is 6.08 Å². The van der Waals surface area contributed by atoms with Gasteiger partial charge in [0.05, 0.1) is 6.42 Å². The summed E-state index contributed by atoms with van der Waals surface area (Å²) in [4.78, 5) is 21.7. The van der Waals surface area contributed by atoms with E-state index >= 15 is 0 Å². The number of allylic oxidation sites excluding steroid dienone is 1. The van der Waals surface area contributed by atoms with Gasteiger partial charge in [-0.15, -0.1) is 6.58 Å². The topological polar surface area (TPSA) is 66.4 Å². The third kappa shape index (κ3) is 6.22. The van der Waals surface area contributed by atoms with Gasteiger partial charge in [-0.25, -0.2) is 0 Å². The lowest BCUT2D eigenvalue weighted by molar-refractivity contribution is -0.138. The zero-order valence-electron chi connectivity index (χ0n) is 8.67. The molecule has 0 aromatic heterocycles. The van der Waals surface area contributed by atoms with Gasteiger partial charge in [0.25, 0.3) is 0 Å². The minimum Gasteiger partial charge on any atom is -0.481 e. The lowest BCUT2D eigenvalue weighted by Gasteiger charge is -2.24. The number of rotatable bonds is 6. The van der Waals surface area contributed by atoms with Crippen molar-refractivity contribution in [2.45, 2.75) is 38.6 Å². The summed E-state index contributed by atoms with van der Waals surface area (Å²) in [7, 11) is 0. The predicted octanol–water partition coefficient (Wildman–Crippen LogP) is 1.32. The van der Waals surface area contributed by atoms with Gasteiger partial charge in [0.15, 0.2) is 0 Å². The van der Waals surface area contributed by atoms with E-state index in [1.54, 1.807) is 19.9 Å². The molecule has 0 radical (unpaired) electrons. The second-order valence-corrected chi connectivity index (χ2v) is 3.83. The summed E-state index contributed by atoms with van der Waals surface area (Å²) in [6, 6.07) is 0. The third-order valence-corrected chi connectivity index (χ3v) is 1.65. The van der Waals surface area contributed by atoms with Gasteiger partial charge >= 0.3 is 5.97 Å². The lowest BCUT2D eigenvalue weighted by atomic mass is 10.0. The molecule has 0 heterocycles. The number of nitrogens with one attached hydrogen (secondary N) is 1. The fourth-order valence-electron chi connectivity index (χ4n) is 1.10. The normalized spacial score (nSPS) is 10.7. The van der Waals surface area contributed by atoms with Crippen molar-refractivity contribution in [1.82, 2.24) is 5.32 Å². The first-order valence-corrected chi connectivity index (χ1v) is 4.51. The molecule has 0 spiro atoms. The van der Waals surface area contributed by atoms with E-state index in [1.165, 1.54) is 0 Å². The molecule has 0 aliphatic heterocycles. The maximum absolute atomic E-state index is 11.2. The number of carbonyl (C=O) groups excluding carboxylic acids is 1. The molecule has 2 N–H and O–H groups in total. The van der Waals surface area contributed by atoms with Gasteiger partial charge in [-0.3, -0.25) is 9.59 Å². The van der Waals surface area contributed by atoms with Crippen molar-refractivity contribution in [3.8, 4) is 0 Å². The number of aliphatic carboxylic acids is 1. The van der Waals surface area contributed by atoms with Crippen molar-refractivity contribution in [2.75, 3.05) is 0 Å². The Morgan fingerprint density at radius 3 is 2.50 bits per heavy atom. The Labute approximate surface area is 84.0 Å². The Hall–Kier alpha value is -1.32. The van der Waals surface area contributed by atoms with Crippen LogP contribution in [0.1, 0.15) is 33.1 Å². The van der Waals surface area contributed by atoms with Crippen LogP contribution >= 0.6 is 0 Å². The largest absolute Gasteiger partial charge is 0.481 e. The van der Waals surface area contributed by atoms with Crippen molar-refractivity contribution in [3.63, 3.8) is 0 Å². The van der Waals surface area contributed by atoms with Crippen LogP contribution in [0.15, 0.2) is 12.7 Å². The molecule has 14 heavy (non-hydrogen) atoms. The van der Waals surface area contributed by atoms with Crippen molar-refractivity contribution >= 4 is 11.9 Å². The van der Waals surface area contributed by atoms with Crippen LogP contribution in [0.2, 0.25) is 0 Å². The molecular weight excluding hydrogens is 182 g/mol. The first kappa shape index (κ1) is 12.7. The number of hydrogen-bond donors (Lipinski definition) is 2. The van der Waals surface area contributed by atoms with Crippen LogP contribution in [0, 0.1) is 0 Å². The molecule has 0 fully saturated rings. The number of carboxylic acids is 1. The average Bonchev–Trinajstić information content (AvgIpc) is 1.96. The van der Waals surface area contributed by atoms with Crippen LogP contribution < -0.4 is 5.32 Å². The quantitative estimate of drug-likeness (QED) is 0.634. The maximum atomic E-state index is 11.2. The van der Waals surface area contributed by atoms with E-state index < -0.39 is 11.5 Å². The SMILES string of the molecule is C=CCCC(=O)NC(C)(C)CC(=O)O. The Kier molecular flexibility index (Phi) is 4.91. The van der Waals surface area contributed by atoms with E-state index in [4.69, 9.17) is 5.11 Å². The molecule has 0 unspecified atom stereocenters. The van der Waals surface area contributed by atoms with Crippen molar-refractivity contribution in [3.05, 3.63) is 12.7 Å². The molecule has 0 aromatic carbocycles. The molecule has 0 saturated heterocycles. The van der Waals surface area contributed by atoms with Crippen LogP contribution in [0.5, 0.6) is 0 Å². The zero-order valence-corrected chi connectivity index (χ0v) is 8.67. The van der Waals surface area contributed by atoms with Crippen LogP contribution in [-0.4, -0.2) is 22.5 Å². The smallest absolute Gasteiger partial charge is 0.305 e. The summed E-state index contributed by atoms with van der Waals surface area (Å²) < 4.78 is 0. The fraction of sp³-hybridized carbons (Fsp3) is 0.600. The number of carboxylic acid groups (broad SMARTS) is 1. The van der Waals surface area contributed by atoms with Gasteiger partial charge in [0.2, 0.25) is 5.91 Å². The maximum Gasteiger partial charge on any atom is 0.305 e. The third-order valence-electron chi connectivity index (χ3n) is 1.65. The Bertz CT molecular complexity index is 234. The second kappa shape index (κ2) is 5.42. The highest BCUT2D eigenvalue weighted by molar-refractivity contribution is 5.78. The monoisotopic (exact) mass is 199 g/mol. The molecule has 0 aliphatic carbocycles. The highest BCUT2D eigenvalue weighted by atomic mass is 16.4. The Balaban J connectivity index is 4.00. The number of carbonyl (C=O) groups is 2. The summed E-state index contributed by atoms with van der Waals surface area (Å²) in [6.07, 6.45) is 2.54. The molecule has 0 aliphatic rings. The second-order valence-electron chi connectivity index (χ2n) is 3.83. The standard InChI is InChI=1S/C10H17NO3/c1-4-5-6-8(12)11-10(2,3)7-9(13)14/h4H,1,5-7H2,2-3H3,(H,11,12)(H,13,14).